The van der Waals surface area contributed by atoms with Gasteiger partial charge in [-0.05, 0) is 25.0 Å². The van der Waals surface area contributed by atoms with E-state index in [0.29, 0.717) is 17.9 Å². The van der Waals surface area contributed by atoms with Crippen LogP contribution in [0.25, 0.3) is 0 Å². The minimum atomic E-state index is -1.17. The van der Waals surface area contributed by atoms with E-state index in [1.54, 1.807) is 18.2 Å². The number of para-hydroxylation sites is 1. The first-order valence-corrected chi connectivity index (χ1v) is 6.93. The molecule has 1 aromatic rings. The zero-order valence-corrected chi connectivity index (χ0v) is 11.7. The fourth-order valence-corrected chi connectivity index (χ4v) is 3.17. The minimum absolute atomic E-state index is 0.0584. The molecule has 1 aliphatic heterocycles. The number of halogens is 1. The molecule has 1 N–H and O–H groups in total. The van der Waals surface area contributed by atoms with Crippen molar-refractivity contribution in [3.63, 3.8) is 0 Å². The van der Waals surface area contributed by atoms with E-state index >= 15 is 0 Å². The monoisotopic (exact) mass is 305 g/mol. The number of nitrogens with zero attached hydrogens (tertiary/aromatic N) is 1. The molecule has 2 amide bonds. The van der Waals surface area contributed by atoms with Gasteiger partial charge in [0.15, 0.2) is 0 Å². The maximum absolute atomic E-state index is 12.5. The van der Waals surface area contributed by atoms with Crippen LogP contribution in [0.1, 0.15) is 23.2 Å². The summed E-state index contributed by atoms with van der Waals surface area (Å²) in [6.07, 6.45) is 2.50. The Bertz CT molecular complexity index is 682. The van der Waals surface area contributed by atoms with Crippen molar-refractivity contribution in [2.45, 2.75) is 12.8 Å². The van der Waals surface area contributed by atoms with Crippen LogP contribution in [-0.4, -0.2) is 22.9 Å². The Labute approximate surface area is 125 Å². The lowest BCUT2D eigenvalue weighted by Gasteiger charge is -2.17. The van der Waals surface area contributed by atoms with Gasteiger partial charge in [0.1, 0.15) is 0 Å². The van der Waals surface area contributed by atoms with E-state index in [-0.39, 0.29) is 23.1 Å². The molecule has 0 spiro atoms. The zero-order chi connectivity index (χ0) is 15.1. The molecule has 0 radical (unpaired) electrons. The van der Waals surface area contributed by atoms with E-state index in [1.807, 2.05) is 0 Å². The number of carbonyl (C=O) groups excluding carboxylic acids is 2. The Morgan fingerprint density at radius 3 is 2.57 bits per heavy atom. The number of amides is 2. The molecule has 2 unspecified atom stereocenters. The van der Waals surface area contributed by atoms with Crippen molar-refractivity contribution >= 4 is 35.1 Å². The second-order valence-electron chi connectivity index (χ2n) is 5.14. The van der Waals surface area contributed by atoms with Gasteiger partial charge in [-0.1, -0.05) is 29.8 Å². The van der Waals surface area contributed by atoms with Crippen LogP contribution in [0.2, 0.25) is 0 Å². The van der Waals surface area contributed by atoms with Crippen molar-refractivity contribution < 1.29 is 19.5 Å². The largest absolute Gasteiger partial charge is 0.478 e. The van der Waals surface area contributed by atoms with Crippen molar-refractivity contribution in [2.75, 3.05) is 4.90 Å². The molecular weight excluding hydrogens is 294 g/mol. The highest BCUT2D eigenvalue weighted by molar-refractivity contribution is 6.31. The summed E-state index contributed by atoms with van der Waals surface area (Å²) >= 11 is 5.96. The number of carboxylic acid groups (broad SMARTS) is 1. The predicted molar refractivity (Wildman–Crippen MR) is 76.0 cm³/mol. The van der Waals surface area contributed by atoms with Gasteiger partial charge in [-0.2, -0.15) is 0 Å². The number of rotatable bonds is 2. The number of fused-ring (bicyclic) bond motifs is 1. The Morgan fingerprint density at radius 2 is 1.86 bits per heavy atom. The van der Waals surface area contributed by atoms with Crippen LogP contribution in [0.4, 0.5) is 5.69 Å². The van der Waals surface area contributed by atoms with Gasteiger partial charge < -0.3 is 5.11 Å². The van der Waals surface area contributed by atoms with Crippen molar-refractivity contribution in [1.29, 1.82) is 0 Å². The molecule has 0 aromatic heterocycles. The van der Waals surface area contributed by atoms with Crippen molar-refractivity contribution in [2.24, 2.45) is 11.8 Å². The maximum atomic E-state index is 12.5. The van der Waals surface area contributed by atoms with E-state index in [4.69, 9.17) is 11.6 Å². The number of allylic oxidation sites excluding steroid dienone is 2. The highest BCUT2D eigenvalue weighted by atomic mass is 35.5. The predicted octanol–water partition coefficient (Wildman–Crippen LogP) is 2.41. The van der Waals surface area contributed by atoms with Crippen LogP contribution >= 0.6 is 11.6 Å². The number of anilines is 1. The second-order valence-corrected chi connectivity index (χ2v) is 5.62. The Morgan fingerprint density at radius 1 is 1.19 bits per heavy atom. The molecule has 1 aliphatic carbocycles. The third kappa shape index (κ3) is 2.14. The first kappa shape index (κ1) is 13.8. The summed E-state index contributed by atoms with van der Waals surface area (Å²) in [4.78, 5) is 37.2. The first-order valence-electron chi connectivity index (χ1n) is 6.55. The molecule has 2 atom stereocenters. The number of carboxylic acids is 1. The SMILES string of the molecule is O=C(O)c1ccccc1N1C(=O)C2CC=C(Cl)CC2C1=O. The number of carbonyl (C=O) groups is 3. The van der Waals surface area contributed by atoms with Crippen molar-refractivity contribution in [1.82, 2.24) is 0 Å². The van der Waals surface area contributed by atoms with Gasteiger partial charge in [0, 0.05) is 5.03 Å². The van der Waals surface area contributed by atoms with Gasteiger partial charge in [-0.15, -0.1) is 0 Å². The second kappa shape index (κ2) is 5.00. The lowest BCUT2D eigenvalue weighted by molar-refractivity contribution is -0.122. The van der Waals surface area contributed by atoms with Crippen LogP contribution in [0, 0.1) is 11.8 Å². The topological polar surface area (TPSA) is 74.7 Å². The van der Waals surface area contributed by atoms with Crippen LogP contribution in [0.3, 0.4) is 0 Å². The van der Waals surface area contributed by atoms with Gasteiger partial charge >= 0.3 is 5.97 Å². The molecule has 21 heavy (non-hydrogen) atoms. The van der Waals surface area contributed by atoms with Crippen molar-refractivity contribution in [3.05, 3.63) is 40.9 Å². The standard InChI is InChI=1S/C15H12ClNO4/c16-8-5-6-9-11(7-8)14(19)17(13(9)18)12-4-2-1-3-10(12)15(20)21/h1-5,9,11H,6-7H2,(H,20,21). The molecule has 6 heteroatoms. The van der Waals surface area contributed by atoms with E-state index in [1.165, 1.54) is 12.1 Å². The van der Waals surface area contributed by atoms with Gasteiger partial charge in [0.2, 0.25) is 11.8 Å². The molecule has 0 bridgehead atoms. The van der Waals surface area contributed by atoms with Gasteiger partial charge in [0.05, 0.1) is 23.1 Å². The summed E-state index contributed by atoms with van der Waals surface area (Å²) in [5.41, 5.74) is 0.0717. The number of hydrogen-bond acceptors (Lipinski definition) is 3. The van der Waals surface area contributed by atoms with Crippen LogP contribution in [-0.2, 0) is 9.59 Å². The lowest BCUT2D eigenvalue weighted by atomic mass is 9.85. The van der Waals surface area contributed by atoms with Gasteiger partial charge in [-0.3, -0.25) is 9.59 Å². The minimum Gasteiger partial charge on any atom is -0.478 e. The third-order valence-electron chi connectivity index (χ3n) is 3.94. The smallest absolute Gasteiger partial charge is 0.337 e. The summed E-state index contributed by atoms with van der Waals surface area (Å²) < 4.78 is 0. The fraction of sp³-hybridized carbons (Fsp3) is 0.267. The molecule has 1 heterocycles. The van der Waals surface area contributed by atoms with E-state index in [2.05, 4.69) is 0 Å². The quantitative estimate of drug-likeness (QED) is 0.851. The molecule has 1 saturated heterocycles. The lowest BCUT2D eigenvalue weighted by Crippen LogP contribution is -2.32. The number of aromatic carboxylic acids is 1. The van der Waals surface area contributed by atoms with Gasteiger partial charge in [0.25, 0.3) is 0 Å². The van der Waals surface area contributed by atoms with Crippen LogP contribution in [0.15, 0.2) is 35.4 Å². The average molecular weight is 306 g/mol. The maximum Gasteiger partial charge on any atom is 0.337 e. The summed E-state index contributed by atoms with van der Waals surface area (Å²) in [6, 6.07) is 6.02. The van der Waals surface area contributed by atoms with Gasteiger partial charge in [-0.25, -0.2) is 9.69 Å². The Kier molecular flexibility index (Phi) is 3.29. The number of imide groups is 1. The molecule has 5 nitrogen and oxygen atoms in total. The van der Waals surface area contributed by atoms with Crippen molar-refractivity contribution in [3.8, 4) is 0 Å². The fourth-order valence-electron chi connectivity index (χ4n) is 2.91. The zero-order valence-electron chi connectivity index (χ0n) is 11.0. The average Bonchev–Trinajstić information content (AvgIpc) is 2.70. The molecule has 1 aromatic carbocycles. The Hall–Kier alpha value is -2.14. The normalized spacial score (nSPS) is 24.8. The third-order valence-corrected chi connectivity index (χ3v) is 4.25. The highest BCUT2D eigenvalue weighted by Crippen LogP contribution is 2.41. The first-order chi connectivity index (χ1) is 10.0. The van der Waals surface area contributed by atoms with E-state index in [9.17, 15) is 19.5 Å². The molecular formula is C15H12ClNO4. The molecule has 0 saturated carbocycles. The summed E-state index contributed by atoms with van der Waals surface area (Å²) in [5, 5.41) is 9.79. The van der Waals surface area contributed by atoms with Crippen LogP contribution in [0.5, 0.6) is 0 Å². The highest BCUT2D eigenvalue weighted by Gasteiger charge is 2.49. The molecule has 1 fully saturated rings. The summed E-state index contributed by atoms with van der Waals surface area (Å²) in [5.74, 6) is -2.82. The van der Waals surface area contributed by atoms with E-state index in [0.717, 1.165) is 4.90 Å². The summed E-state index contributed by atoms with van der Waals surface area (Å²) in [6.45, 7) is 0. The molecule has 3 rings (SSSR count). The molecule has 2 aliphatic rings. The van der Waals surface area contributed by atoms with E-state index < -0.39 is 17.8 Å². The summed E-state index contributed by atoms with van der Waals surface area (Å²) in [7, 11) is 0. The molecule has 108 valence electrons. The van der Waals surface area contributed by atoms with Crippen LogP contribution < -0.4 is 4.90 Å². The Balaban J connectivity index is 2.04. The number of benzene rings is 1. The number of hydrogen-bond donors (Lipinski definition) is 1.